The van der Waals surface area contributed by atoms with E-state index in [0.29, 0.717) is 0 Å². The van der Waals surface area contributed by atoms with Crippen molar-refractivity contribution in [2.45, 2.75) is 42.8 Å². The van der Waals surface area contributed by atoms with Crippen LogP contribution in [0.3, 0.4) is 0 Å². The SMILES string of the molecule is COC(=O)C(C)NP(=O)(OC[C@H]1S[C@@H](n2ccc(N)nc2=O)[C@@H](F)[C@@H]1O)Oc1ccc(C)cc1. The van der Waals surface area contributed by atoms with Crippen molar-refractivity contribution < 1.29 is 32.6 Å². The fourth-order valence-corrected chi connectivity index (χ4v) is 6.19. The van der Waals surface area contributed by atoms with E-state index in [-0.39, 0.29) is 11.6 Å². The maximum absolute atomic E-state index is 14.8. The molecule has 2 unspecified atom stereocenters. The fourth-order valence-electron chi connectivity index (χ4n) is 3.15. The van der Waals surface area contributed by atoms with Crippen molar-refractivity contribution in [3.05, 3.63) is 52.6 Å². The van der Waals surface area contributed by atoms with Crippen LogP contribution < -0.4 is 21.0 Å². The molecule has 6 atom stereocenters. The number of benzene rings is 1. The summed E-state index contributed by atoms with van der Waals surface area (Å²) < 4.78 is 45.0. The topological polar surface area (TPSA) is 155 Å². The number of carbonyl (C=O) groups excluding carboxylic acids is 1. The molecule has 14 heteroatoms. The first kappa shape index (κ1) is 26.2. The Labute approximate surface area is 199 Å². The van der Waals surface area contributed by atoms with Crippen molar-refractivity contribution >= 4 is 31.3 Å². The third kappa shape index (κ3) is 6.16. The minimum atomic E-state index is -4.18. The fraction of sp³-hybridized carbons (Fsp3) is 0.450. The largest absolute Gasteiger partial charge is 0.468 e. The number of ether oxygens (including phenoxy) is 1. The molecule has 2 heterocycles. The molecule has 4 N–H and O–H groups in total. The molecule has 186 valence electrons. The first-order chi connectivity index (χ1) is 16.0. The van der Waals surface area contributed by atoms with E-state index < -0.39 is 55.0 Å². The number of methoxy groups -OCH3 is 1. The molecule has 1 aliphatic heterocycles. The predicted octanol–water partition coefficient (Wildman–Crippen LogP) is 1.80. The summed E-state index contributed by atoms with van der Waals surface area (Å²) in [7, 11) is -3.01. The second-order valence-electron chi connectivity index (χ2n) is 7.61. The summed E-state index contributed by atoms with van der Waals surface area (Å²) in [5, 5.41) is 10.9. The summed E-state index contributed by atoms with van der Waals surface area (Å²) in [5.74, 6) is -0.510. The highest BCUT2D eigenvalue weighted by Gasteiger charge is 2.46. The molecule has 1 aliphatic rings. The molecule has 0 saturated carbocycles. The molecule has 0 amide bonds. The lowest BCUT2D eigenvalue weighted by atomic mass is 10.1. The van der Waals surface area contributed by atoms with Gasteiger partial charge in [-0.05, 0) is 32.0 Å². The number of carbonyl (C=O) groups is 1. The van der Waals surface area contributed by atoms with Crippen molar-refractivity contribution in [3.63, 3.8) is 0 Å². The summed E-state index contributed by atoms with van der Waals surface area (Å²) >= 11 is 0.915. The predicted molar refractivity (Wildman–Crippen MR) is 124 cm³/mol. The highest BCUT2D eigenvalue weighted by molar-refractivity contribution is 8.00. The third-order valence-electron chi connectivity index (χ3n) is 4.98. The molecular formula is C20H26FN4O7PS. The first-order valence-electron chi connectivity index (χ1n) is 10.2. The van der Waals surface area contributed by atoms with E-state index in [1.54, 1.807) is 24.3 Å². The Morgan fingerprint density at radius 1 is 1.38 bits per heavy atom. The zero-order valence-electron chi connectivity index (χ0n) is 18.7. The molecule has 0 spiro atoms. The first-order valence-corrected chi connectivity index (χ1v) is 12.7. The van der Waals surface area contributed by atoms with Gasteiger partial charge in [0.05, 0.1) is 19.0 Å². The number of esters is 1. The molecule has 34 heavy (non-hydrogen) atoms. The molecule has 1 saturated heterocycles. The standard InChI is InChI=1S/C20H26FN4O7PS/c1-11-4-6-13(7-5-11)32-33(29,24-12(2)19(27)30-3)31-10-14-17(26)16(21)18(34-14)25-9-8-15(22)23-20(25)28/h4-9,12,14,16-18,26H,10H2,1-3H3,(H,24,29)(H2,22,23,28)/t12?,14-,16+,17-,18-,33?/m1/s1. The van der Waals surface area contributed by atoms with Crippen molar-refractivity contribution in [1.29, 1.82) is 0 Å². The highest BCUT2D eigenvalue weighted by atomic mass is 32.2. The van der Waals surface area contributed by atoms with Crippen LogP contribution in [0.2, 0.25) is 0 Å². The molecular weight excluding hydrogens is 490 g/mol. The van der Waals surface area contributed by atoms with E-state index in [4.69, 9.17) is 14.8 Å². The number of nitrogens with one attached hydrogen (secondary N) is 1. The van der Waals surface area contributed by atoms with Gasteiger partial charge < -0.3 is 20.1 Å². The van der Waals surface area contributed by atoms with Gasteiger partial charge in [-0.3, -0.25) is 13.9 Å². The Morgan fingerprint density at radius 3 is 2.68 bits per heavy atom. The zero-order valence-corrected chi connectivity index (χ0v) is 20.4. The number of halogens is 1. The van der Waals surface area contributed by atoms with Crippen molar-refractivity contribution in [3.8, 4) is 5.75 Å². The van der Waals surface area contributed by atoms with Crippen molar-refractivity contribution in [1.82, 2.24) is 14.6 Å². The molecule has 0 bridgehead atoms. The van der Waals surface area contributed by atoms with Gasteiger partial charge in [-0.25, -0.2) is 13.8 Å². The molecule has 0 aliphatic carbocycles. The van der Waals surface area contributed by atoms with Crippen LogP contribution >= 0.6 is 19.5 Å². The summed E-state index contributed by atoms with van der Waals surface area (Å²) in [6.07, 6.45) is -2.08. The van der Waals surface area contributed by atoms with Crippen LogP contribution in [-0.2, 0) is 18.6 Å². The lowest BCUT2D eigenvalue weighted by molar-refractivity contribution is -0.142. The van der Waals surface area contributed by atoms with Gasteiger partial charge in [-0.15, -0.1) is 11.8 Å². The number of aliphatic hydroxyl groups is 1. The average molecular weight is 516 g/mol. The van der Waals surface area contributed by atoms with Gasteiger partial charge in [-0.1, -0.05) is 17.7 Å². The van der Waals surface area contributed by atoms with Crippen LogP contribution in [0.1, 0.15) is 17.9 Å². The minimum absolute atomic E-state index is 0.0138. The van der Waals surface area contributed by atoms with Gasteiger partial charge in [0.25, 0.3) is 0 Å². The summed E-state index contributed by atoms with van der Waals surface area (Å²) in [4.78, 5) is 27.5. The Balaban J connectivity index is 1.76. The van der Waals surface area contributed by atoms with Crippen molar-refractivity contribution in [2.75, 3.05) is 19.5 Å². The van der Waals surface area contributed by atoms with E-state index in [2.05, 4.69) is 14.8 Å². The average Bonchev–Trinajstić information content (AvgIpc) is 3.07. The lowest BCUT2D eigenvalue weighted by Crippen LogP contribution is -2.36. The van der Waals surface area contributed by atoms with Gasteiger partial charge in [0.1, 0.15) is 29.1 Å². The van der Waals surface area contributed by atoms with Crippen LogP contribution in [0.5, 0.6) is 5.75 Å². The van der Waals surface area contributed by atoms with Crippen LogP contribution in [0.15, 0.2) is 41.3 Å². The normalized spacial score (nSPS) is 24.9. The quantitative estimate of drug-likeness (QED) is 0.330. The van der Waals surface area contributed by atoms with E-state index >= 15 is 0 Å². The number of nitrogens with two attached hydrogens (primary N) is 1. The molecule has 2 aromatic rings. The Bertz CT molecular complexity index is 1120. The van der Waals surface area contributed by atoms with Crippen LogP contribution in [0, 0.1) is 6.92 Å². The smallest absolute Gasteiger partial charge is 0.459 e. The van der Waals surface area contributed by atoms with Crippen LogP contribution in [0.4, 0.5) is 10.2 Å². The zero-order chi connectivity index (χ0) is 25.0. The maximum atomic E-state index is 14.8. The molecule has 3 rings (SSSR count). The molecule has 1 fully saturated rings. The van der Waals surface area contributed by atoms with Gasteiger partial charge >= 0.3 is 19.4 Å². The number of aryl methyl sites for hydroxylation is 1. The lowest BCUT2D eigenvalue weighted by Gasteiger charge is -2.24. The number of nitrogens with zero attached hydrogens (tertiary/aromatic N) is 2. The second-order valence-corrected chi connectivity index (χ2v) is 10.7. The van der Waals surface area contributed by atoms with E-state index in [1.807, 2.05) is 6.92 Å². The van der Waals surface area contributed by atoms with Crippen LogP contribution in [0.25, 0.3) is 0 Å². The van der Waals surface area contributed by atoms with E-state index in [1.165, 1.54) is 26.3 Å². The highest BCUT2D eigenvalue weighted by Crippen LogP contribution is 2.48. The Morgan fingerprint density at radius 2 is 2.06 bits per heavy atom. The Kier molecular flexibility index (Phi) is 8.37. The molecule has 0 radical (unpaired) electrons. The minimum Gasteiger partial charge on any atom is -0.468 e. The van der Waals surface area contributed by atoms with Gasteiger partial charge in [0.2, 0.25) is 0 Å². The van der Waals surface area contributed by atoms with Gasteiger partial charge in [0, 0.05) is 6.20 Å². The third-order valence-corrected chi connectivity index (χ3v) is 8.16. The van der Waals surface area contributed by atoms with E-state index in [0.717, 1.165) is 21.9 Å². The van der Waals surface area contributed by atoms with Crippen LogP contribution in [-0.4, -0.2) is 57.9 Å². The number of anilines is 1. The van der Waals surface area contributed by atoms with Gasteiger partial charge in [0.15, 0.2) is 6.17 Å². The number of thioether (sulfide) groups is 1. The number of alkyl halides is 1. The summed E-state index contributed by atoms with van der Waals surface area (Å²) in [5.41, 5.74) is 5.65. The number of nitrogen functional groups attached to an aromatic ring is 1. The summed E-state index contributed by atoms with van der Waals surface area (Å²) in [6.45, 7) is 2.86. The monoisotopic (exact) mass is 516 g/mol. The maximum Gasteiger partial charge on any atom is 0.459 e. The van der Waals surface area contributed by atoms with Crippen molar-refractivity contribution in [2.24, 2.45) is 0 Å². The number of rotatable bonds is 9. The number of aliphatic hydroxyl groups excluding tert-OH is 1. The second kappa shape index (κ2) is 10.9. The number of hydrogen-bond acceptors (Lipinski definition) is 10. The Hall–Kier alpha value is -2.44. The molecule has 1 aromatic carbocycles. The number of hydrogen-bond donors (Lipinski definition) is 3. The molecule has 1 aromatic heterocycles. The molecule has 11 nitrogen and oxygen atoms in total. The summed E-state index contributed by atoms with van der Waals surface area (Å²) in [6, 6.07) is 6.90. The van der Waals surface area contributed by atoms with E-state index in [9.17, 15) is 23.7 Å². The van der Waals surface area contributed by atoms with Gasteiger partial charge in [-0.2, -0.15) is 10.1 Å². The number of aromatic nitrogens is 2.